The highest BCUT2D eigenvalue weighted by molar-refractivity contribution is 5.32. The summed E-state index contributed by atoms with van der Waals surface area (Å²) in [6.45, 7) is 0. The third-order valence-corrected chi connectivity index (χ3v) is 2.57. The molecule has 0 aliphatic carbocycles. The number of alkyl halides is 3. The predicted molar refractivity (Wildman–Crippen MR) is 53.0 cm³/mol. The van der Waals surface area contributed by atoms with Gasteiger partial charge in [0.05, 0.1) is 11.7 Å². The van der Waals surface area contributed by atoms with E-state index in [1.165, 1.54) is 12.1 Å². The van der Waals surface area contributed by atoms with Crippen LogP contribution in [-0.4, -0.2) is 6.17 Å². The monoisotopic (exact) mass is 231 g/mol. The van der Waals surface area contributed by atoms with Crippen molar-refractivity contribution in [3.63, 3.8) is 0 Å². The van der Waals surface area contributed by atoms with Crippen LogP contribution in [0.5, 0.6) is 0 Å². The van der Waals surface area contributed by atoms with E-state index in [0.717, 1.165) is 6.07 Å². The first kappa shape index (κ1) is 11.4. The van der Waals surface area contributed by atoms with Gasteiger partial charge < -0.3 is 5.73 Å². The maximum atomic E-state index is 12.7. The van der Waals surface area contributed by atoms with E-state index in [1.54, 1.807) is 6.07 Å². The fourth-order valence-corrected chi connectivity index (χ4v) is 1.84. The zero-order valence-electron chi connectivity index (χ0n) is 8.38. The van der Waals surface area contributed by atoms with Crippen molar-refractivity contribution in [3.05, 3.63) is 35.4 Å². The van der Waals surface area contributed by atoms with Gasteiger partial charge in [0.1, 0.15) is 0 Å². The molecule has 1 heterocycles. The van der Waals surface area contributed by atoms with Crippen molar-refractivity contribution < 1.29 is 13.2 Å². The fraction of sp³-hybridized carbons (Fsp3) is 0.400. The predicted octanol–water partition coefficient (Wildman–Crippen LogP) is 1.53. The first-order valence-electron chi connectivity index (χ1n) is 4.91. The van der Waals surface area contributed by atoms with Crippen LogP contribution < -0.4 is 16.6 Å². The van der Waals surface area contributed by atoms with Crippen LogP contribution in [0.25, 0.3) is 0 Å². The molecule has 1 aromatic rings. The Labute approximate surface area is 90.8 Å². The summed E-state index contributed by atoms with van der Waals surface area (Å²) in [7, 11) is 0. The molecule has 0 aromatic heterocycles. The van der Waals surface area contributed by atoms with Crippen molar-refractivity contribution in [2.24, 2.45) is 5.73 Å². The van der Waals surface area contributed by atoms with Gasteiger partial charge in [-0.05, 0) is 18.1 Å². The van der Waals surface area contributed by atoms with Gasteiger partial charge in [-0.25, -0.2) is 10.9 Å². The minimum absolute atomic E-state index is 0.232. The zero-order chi connectivity index (χ0) is 11.8. The standard InChI is InChI=1S/C10H12F3N3/c11-10(12,13)7-4-2-1-3-6(7)8-5-9(14)16-15-8/h1-4,8-9,15-16H,5,14H2. The second kappa shape index (κ2) is 4.04. The van der Waals surface area contributed by atoms with Crippen molar-refractivity contribution in [3.8, 4) is 0 Å². The molecule has 0 saturated carbocycles. The van der Waals surface area contributed by atoms with E-state index < -0.39 is 17.8 Å². The second-order valence-electron chi connectivity index (χ2n) is 3.77. The van der Waals surface area contributed by atoms with Crippen LogP contribution in [0.1, 0.15) is 23.6 Å². The van der Waals surface area contributed by atoms with Crippen molar-refractivity contribution in [2.75, 3.05) is 0 Å². The Morgan fingerprint density at radius 3 is 2.44 bits per heavy atom. The normalized spacial score (nSPS) is 26.0. The molecule has 1 fully saturated rings. The number of nitrogens with two attached hydrogens (primary N) is 1. The molecular weight excluding hydrogens is 219 g/mol. The summed E-state index contributed by atoms with van der Waals surface area (Å²) in [6, 6.07) is 5.14. The van der Waals surface area contributed by atoms with Crippen LogP contribution in [0.2, 0.25) is 0 Å². The topological polar surface area (TPSA) is 50.1 Å². The molecule has 0 spiro atoms. The Kier molecular flexibility index (Phi) is 2.88. The maximum absolute atomic E-state index is 12.7. The van der Waals surface area contributed by atoms with Gasteiger partial charge in [0.15, 0.2) is 0 Å². The molecule has 88 valence electrons. The third kappa shape index (κ3) is 2.18. The maximum Gasteiger partial charge on any atom is 0.416 e. The number of benzene rings is 1. The Balaban J connectivity index is 2.34. The highest BCUT2D eigenvalue weighted by Gasteiger charge is 2.36. The van der Waals surface area contributed by atoms with Gasteiger partial charge >= 0.3 is 6.18 Å². The van der Waals surface area contributed by atoms with Crippen LogP contribution >= 0.6 is 0 Å². The van der Waals surface area contributed by atoms with Crippen LogP contribution in [0, 0.1) is 0 Å². The second-order valence-corrected chi connectivity index (χ2v) is 3.77. The van der Waals surface area contributed by atoms with Crippen LogP contribution in [0.15, 0.2) is 24.3 Å². The average molecular weight is 231 g/mol. The number of rotatable bonds is 1. The summed E-state index contributed by atoms with van der Waals surface area (Å²) >= 11 is 0. The lowest BCUT2D eigenvalue weighted by Crippen LogP contribution is -2.36. The van der Waals surface area contributed by atoms with Gasteiger partial charge in [-0.3, -0.25) is 0 Å². The van der Waals surface area contributed by atoms with Crippen LogP contribution in [0.3, 0.4) is 0 Å². The van der Waals surface area contributed by atoms with E-state index >= 15 is 0 Å². The van der Waals surface area contributed by atoms with Gasteiger partial charge in [0, 0.05) is 6.04 Å². The molecule has 1 saturated heterocycles. The molecule has 2 unspecified atom stereocenters. The summed E-state index contributed by atoms with van der Waals surface area (Å²) < 4.78 is 38.2. The Morgan fingerprint density at radius 1 is 1.19 bits per heavy atom. The molecule has 1 aliphatic rings. The molecule has 2 rings (SSSR count). The van der Waals surface area contributed by atoms with Gasteiger partial charge in [0.25, 0.3) is 0 Å². The Bertz CT molecular complexity index is 378. The first-order chi connectivity index (χ1) is 7.48. The SMILES string of the molecule is NC1CC(c2ccccc2C(F)(F)F)NN1. The smallest absolute Gasteiger partial charge is 0.315 e. The average Bonchev–Trinajstić information content (AvgIpc) is 2.64. The van der Waals surface area contributed by atoms with Crippen LogP contribution in [0.4, 0.5) is 13.2 Å². The van der Waals surface area contributed by atoms with E-state index in [2.05, 4.69) is 10.9 Å². The Morgan fingerprint density at radius 2 is 1.88 bits per heavy atom. The summed E-state index contributed by atoms with van der Waals surface area (Å²) in [6.07, 6.45) is -4.20. The number of hydrogen-bond donors (Lipinski definition) is 3. The summed E-state index contributed by atoms with van der Waals surface area (Å²) in [5.74, 6) is 0. The molecule has 4 N–H and O–H groups in total. The summed E-state index contributed by atoms with van der Waals surface area (Å²) in [5, 5.41) is 0. The lowest BCUT2D eigenvalue weighted by molar-refractivity contribution is -0.138. The fourth-order valence-electron chi connectivity index (χ4n) is 1.84. The minimum atomic E-state index is -4.33. The van der Waals surface area contributed by atoms with E-state index in [4.69, 9.17) is 5.73 Å². The lowest BCUT2D eigenvalue weighted by Gasteiger charge is -2.16. The molecule has 16 heavy (non-hydrogen) atoms. The number of hydrogen-bond acceptors (Lipinski definition) is 3. The van der Waals surface area contributed by atoms with E-state index in [1.807, 2.05) is 0 Å². The van der Waals surface area contributed by atoms with E-state index in [-0.39, 0.29) is 11.7 Å². The van der Waals surface area contributed by atoms with E-state index in [0.29, 0.717) is 6.42 Å². The molecule has 2 atom stereocenters. The lowest BCUT2D eigenvalue weighted by atomic mass is 9.98. The first-order valence-corrected chi connectivity index (χ1v) is 4.91. The molecule has 0 bridgehead atoms. The Hall–Kier alpha value is -1.11. The highest BCUT2D eigenvalue weighted by atomic mass is 19.4. The van der Waals surface area contributed by atoms with Crippen molar-refractivity contribution in [2.45, 2.75) is 24.8 Å². The van der Waals surface area contributed by atoms with Gasteiger partial charge in [0.2, 0.25) is 0 Å². The third-order valence-electron chi connectivity index (χ3n) is 2.57. The van der Waals surface area contributed by atoms with Crippen molar-refractivity contribution in [1.82, 2.24) is 10.9 Å². The largest absolute Gasteiger partial charge is 0.416 e. The van der Waals surface area contributed by atoms with Gasteiger partial charge in [-0.1, -0.05) is 18.2 Å². The quantitative estimate of drug-likeness (QED) is 0.687. The number of nitrogens with one attached hydrogen (secondary N) is 2. The number of halogens is 3. The molecule has 3 nitrogen and oxygen atoms in total. The summed E-state index contributed by atoms with van der Waals surface area (Å²) in [5.41, 5.74) is 10.7. The zero-order valence-corrected chi connectivity index (χ0v) is 8.38. The van der Waals surface area contributed by atoms with Crippen molar-refractivity contribution in [1.29, 1.82) is 0 Å². The van der Waals surface area contributed by atoms with Gasteiger partial charge in [-0.2, -0.15) is 13.2 Å². The highest BCUT2D eigenvalue weighted by Crippen LogP contribution is 2.35. The molecule has 1 aliphatic heterocycles. The van der Waals surface area contributed by atoms with Gasteiger partial charge in [-0.15, -0.1) is 0 Å². The molecular formula is C10H12F3N3. The minimum Gasteiger partial charge on any atom is -0.315 e. The molecule has 1 aromatic carbocycles. The van der Waals surface area contributed by atoms with E-state index in [9.17, 15) is 13.2 Å². The molecule has 0 radical (unpaired) electrons. The number of hydrazine groups is 1. The van der Waals surface area contributed by atoms with Crippen molar-refractivity contribution >= 4 is 0 Å². The molecule has 0 amide bonds. The molecule has 6 heteroatoms. The van der Waals surface area contributed by atoms with Crippen LogP contribution in [-0.2, 0) is 6.18 Å². The summed E-state index contributed by atoms with van der Waals surface area (Å²) in [4.78, 5) is 0.